The van der Waals surface area contributed by atoms with Gasteiger partial charge < -0.3 is 5.32 Å². The predicted molar refractivity (Wildman–Crippen MR) is 74.2 cm³/mol. The molecule has 0 spiro atoms. The summed E-state index contributed by atoms with van der Waals surface area (Å²) in [5, 5.41) is 13.7. The van der Waals surface area contributed by atoms with E-state index in [9.17, 15) is 14.5 Å². The van der Waals surface area contributed by atoms with Crippen molar-refractivity contribution in [2.45, 2.75) is 20.4 Å². The number of halogens is 1. The van der Waals surface area contributed by atoms with Gasteiger partial charge in [-0.25, -0.2) is 4.39 Å². The first-order valence-corrected chi connectivity index (χ1v) is 6.53. The topological polar surface area (TPSA) is 55.2 Å². The number of nitrogens with one attached hydrogen (secondary N) is 1. The number of hydrogen-bond donors (Lipinski definition) is 1. The SMILES string of the molecule is Cc1cc(CNc2c(F)cccc2[N+](=O)[O-])c(C)s1. The largest absolute Gasteiger partial charge is 0.373 e. The van der Waals surface area contributed by atoms with Crippen LogP contribution < -0.4 is 5.32 Å². The number of thiophene rings is 1. The molecule has 4 nitrogen and oxygen atoms in total. The van der Waals surface area contributed by atoms with Crippen LogP contribution in [-0.2, 0) is 6.54 Å². The molecule has 2 rings (SSSR count). The summed E-state index contributed by atoms with van der Waals surface area (Å²) in [5.41, 5.74) is 0.723. The molecule has 0 aliphatic heterocycles. The van der Waals surface area contributed by atoms with Gasteiger partial charge in [-0.15, -0.1) is 11.3 Å². The number of benzene rings is 1. The first-order chi connectivity index (χ1) is 8.99. The van der Waals surface area contributed by atoms with E-state index < -0.39 is 10.7 Å². The van der Waals surface area contributed by atoms with Crippen molar-refractivity contribution < 1.29 is 9.31 Å². The van der Waals surface area contributed by atoms with Crippen molar-refractivity contribution in [2.24, 2.45) is 0 Å². The quantitative estimate of drug-likeness (QED) is 0.679. The van der Waals surface area contributed by atoms with Gasteiger partial charge in [0.1, 0.15) is 5.69 Å². The van der Waals surface area contributed by atoms with Crippen LogP contribution in [0.25, 0.3) is 0 Å². The molecule has 0 saturated carbocycles. The predicted octanol–water partition coefficient (Wildman–Crippen LogP) is 4.02. The molecule has 0 radical (unpaired) electrons. The zero-order valence-corrected chi connectivity index (χ0v) is 11.4. The van der Waals surface area contributed by atoms with E-state index in [-0.39, 0.29) is 11.4 Å². The number of anilines is 1. The maximum Gasteiger partial charge on any atom is 0.295 e. The molecule has 0 fully saturated rings. The van der Waals surface area contributed by atoms with Crippen molar-refractivity contribution in [2.75, 3.05) is 5.32 Å². The molecule has 0 unspecified atom stereocenters. The Bertz CT molecular complexity index is 625. The van der Waals surface area contributed by atoms with E-state index in [4.69, 9.17) is 0 Å². The maximum absolute atomic E-state index is 13.7. The smallest absolute Gasteiger partial charge is 0.295 e. The van der Waals surface area contributed by atoms with E-state index in [0.717, 1.165) is 15.3 Å². The summed E-state index contributed by atoms with van der Waals surface area (Å²) in [7, 11) is 0. The van der Waals surface area contributed by atoms with Gasteiger partial charge in [0.25, 0.3) is 5.69 Å². The number of hydrogen-bond acceptors (Lipinski definition) is 4. The molecule has 1 aromatic heterocycles. The van der Waals surface area contributed by atoms with Gasteiger partial charge in [-0.05, 0) is 31.5 Å². The van der Waals surface area contributed by atoms with Crippen molar-refractivity contribution in [3.8, 4) is 0 Å². The molecule has 1 heterocycles. The summed E-state index contributed by atoms with van der Waals surface area (Å²) in [6.45, 7) is 4.34. The number of aryl methyl sites for hydroxylation is 2. The van der Waals surface area contributed by atoms with Crippen LogP contribution in [-0.4, -0.2) is 4.92 Å². The van der Waals surface area contributed by atoms with E-state index in [1.807, 2.05) is 19.9 Å². The van der Waals surface area contributed by atoms with Crippen LogP contribution in [0.3, 0.4) is 0 Å². The lowest BCUT2D eigenvalue weighted by molar-refractivity contribution is -0.384. The molecular weight excluding hydrogens is 267 g/mol. The number of nitro groups is 1. The average Bonchev–Trinajstić information content (AvgIpc) is 2.66. The summed E-state index contributed by atoms with van der Waals surface area (Å²) in [6.07, 6.45) is 0. The van der Waals surface area contributed by atoms with Crippen LogP contribution in [0.2, 0.25) is 0 Å². The first kappa shape index (κ1) is 13.5. The maximum atomic E-state index is 13.7. The van der Waals surface area contributed by atoms with Crippen molar-refractivity contribution in [3.63, 3.8) is 0 Å². The lowest BCUT2D eigenvalue weighted by atomic mass is 10.2. The lowest BCUT2D eigenvalue weighted by Crippen LogP contribution is -2.04. The van der Waals surface area contributed by atoms with Crippen molar-refractivity contribution in [3.05, 3.63) is 55.5 Å². The van der Waals surface area contributed by atoms with Gasteiger partial charge in [0.15, 0.2) is 5.82 Å². The lowest BCUT2D eigenvalue weighted by Gasteiger charge is -2.07. The summed E-state index contributed by atoms with van der Waals surface area (Å²) in [5.74, 6) is -0.612. The fourth-order valence-corrected chi connectivity index (χ4v) is 2.83. The molecule has 0 saturated heterocycles. The second kappa shape index (κ2) is 5.36. The van der Waals surface area contributed by atoms with Gasteiger partial charge >= 0.3 is 0 Å². The third-order valence-corrected chi connectivity index (χ3v) is 3.80. The number of nitrogens with zero attached hydrogens (tertiary/aromatic N) is 1. The molecule has 6 heteroatoms. The van der Waals surface area contributed by atoms with E-state index in [1.165, 1.54) is 18.2 Å². The first-order valence-electron chi connectivity index (χ1n) is 5.71. The van der Waals surface area contributed by atoms with E-state index in [1.54, 1.807) is 11.3 Å². The fourth-order valence-electron chi connectivity index (χ4n) is 1.88. The van der Waals surface area contributed by atoms with Gasteiger partial charge in [-0.1, -0.05) is 6.07 Å². The Kier molecular flexibility index (Phi) is 3.80. The van der Waals surface area contributed by atoms with Crippen LogP contribution in [0.15, 0.2) is 24.3 Å². The molecule has 0 atom stereocenters. The summed E-state index contributed by atoms with van der Waals surface area (Å²) in [4.78, 5) is 12.6. The minimum atomic E-state index is -0.612. The molecular formula is C13H13FN2O2S. The molecule has 0 aliphatic rings. The Labute approximate surface area is 114 Å². The highest BCUT2D eigenvalue weighted by Crippen LogP contribution is 2.28. The highest BCUT2D eigenvalue weighted by Gasteiger charge is 2.17. The van der Waals surface area contributed by atoms with Crippen LogP contribution in [0.5, 0.6) is 0 Å². The van der Waals surface area contributed by atoms with Crippen molar-refractivity contribution in [1.29, 1.82) is 0 Å². The molecule has 1 aromatic carbocycles. The second-order valence-electron chi connectivity index (χ2n) is 4.18. The molecule has 2 aromatic rings. The van der Waals surface area contributed by atoms with Crippen LogP contribution in [0.4, 0.5) is 15.8 Å². The Morgan fingerprint density at radius 1 is 1.42 bits per heavy atom. The molecule has 0 amide bonds. The fraction of sp³-hybridized carbons (Fsp3) is 0.231. The highest BCUT2D eigenvalue weighted by molar-refractivity contribution is 7.12. The second-order valence-corrected chi connectivity index (χ2v) is 5.64. The number of nitro benzene ring substituents is 1. The Morgan fingerprint density at radius 2 is 2.16 bits per heavy atom. The minimum Gasteiger partial charge on any atom is -0.373 e. The zero-order valence-electron chi connectivity index (χ0n) is 10.6. The summed E-state index contributed by atoms with van der Waals surface area (Å²) >= 11 is 1.65. The summed E-state index contributed by atoms with van der Waals surface area (Å²) < 4.78 is 13.7. The van der Waals surface area contributed by atoms with Gasteiger partial charge in [-0.3, -0.25) is 10.1 Å². The van der Waals surface area contributed by atoms with Gasteiger partial charge in [-0.2, -0.15) is 0 Å². The molecule has 100 valence electrons. The standard InChI is InChI=1S/C13H13FN2O2S/c1-8-6-10(9(2)19-8)7-15-13-11(14)4-3-5-12(13)16(17)18/h3-6,15H,7H2,1-2H3. The Morgan fingerprint density at radius 3 is 2.74 bits per heavy atom. The van der Waals surface area contributed by atoms with Crippen LogP contribution in [0, 0.1) is 29.8 Å². The third kappa shape index (κ3) is 2.90. The molecule has 1 N–H and O–H groups in total. The van der Waals surface area contributed by atoms with Gasteiger partial charge in [0.2, 0.25) is 0 Å². The highest BCUT2D eigenvalue weighted by atomic mass is 32.1. The molecule has 19 heavy (non-hydrogen) atoms. The van der Waals surface area contributed by atoms with E-state index in [0.29, 0.717) is 6.54 Å². The third-order valence-electron chi connectivity index (χ3n) is 2.79. The van der Waals surface area contributed by atoms with Gasteiger partial charge in [0, 0.05) is 22.4 Å². The number of rotatable bonds is 4. The Balaban J connectivity index is 2.24. The van der Waals surface area contributed by atoms with Crippen molar-refractivity contribution >= 4 is 22.7 Å². The molecule has 0 aliphatic carbocycles. The van der Waals surface area contributed by atoms with E-state index in [2.05, 4.69) is 5.32 Å². The monoisotopic (exact) mass is 280 g/mol. The zero-order chi connectivity index (χ0) is 14.0. The van der Waals surface area contributed by atoms with Crippen LogP contribution >= 0.6 is 11.3 Å². The average molecular weight is 280 g/mol. The van der Waals surface area contributed by atoms with Gasteiger partial charge in [0.05, 0.1) is 4.92 Å². The minimum absolute atomic E-state index is 0.0595. The summed E-state index contributed by atoms with van der Waals surface area (Å²) in [6, 6.07) is 5.83. The van der Waals surface area contributed by atoms with Crippen molar-refractivity contribution in [1.82, 2.24) is 0 Å². The Hall–Kier alpha value is -1.95. The molecule has 0 bridgehead atoms. The van der Waals surface area contributed by atoms with Crippen LogP contribution in [0.1, 0.15) is 15.3 Å². The van der Waals surface area contributed by atoms with E-state index >= 15 is 0 Å². The number of para-hydroxylation sites is 1. The normalized spacial score (nSPS) is 10.5.